The first kappa shape index (κ1) is 18.6. The number of anilines is 1. The van der Waals surface area contributed by atoms with E-state index in [-0.39, 0.29) is 22.2 Å². The van der Waals surface area contributed by atoms with Crippen molar-refractivity contribution in [3.05, 3.63) is 70.1 Å². The summed E-state index contributed by atoms with van der Waals surface area (Å²) >= 11 is 5.92. The number of aromatic nitrogens is 2. The molecule has 144 valence electrons. The lowest BCUT2D eigenvalue weighted by Crippen LogP contribution is -2.09. The highest BCUT2D eigenvalue weighted by Crippen LogP contribution is 2.35. The highest BCUT2D eigenvalue weighted by Gasteiger charge is 2.21. The maximum absolute atomic E-state index is 14.2. The maximum atomic E-state index is 14.2. The molecule has 1 aliphatic rings. The van der Waals surface area contributed by atoms with Gasteiger partial charge in [-0.2, -0.15) is 0 Å². The van der Waals surface area contributed by atoms with Crippen LogP contribution in [-0.4, -0.2) is 9.97 Å². The summed E-state index contributed by atoms with van der Waals surface area (Å²) < 4.78 is 33.7. The van der Waals surface area contributed by atoms with Crippen molar-refractivity contribution in [1.29, 1.82) is 0 Å². The first-order valence-electron chi connectivity index (χ1n) is 8.68. The van der Waals surface area contributed by atoms with Crippen molar-refractivity contribution < 1.29 is 13.5 Å². The first-order chi connectivity index (χ1) is 13.4. The molecular weight excluding hydrogens is 386 g/mol. The van der Waals surface area contributed by atoms with Crippen LogP contribution in [0.3, 0.4) is 0 Å². The summed E-state index contributed by atoms with van der Waals surface area (Å²) in [4.78, 5) is 8.62. The Bertz CT molecular complexity index is 1060. The molecular formula is C20H17ClF2N4O. The average Bonchev–Trinajstić information content (AvgIpc) is 3.14. The molecule has 1 unspecified atom stereocenters. The SMILES string of the molecule is CC(Oc1cc(-c2cnc3c(c2)CNC3)cnc1N)c1c(F)ccc(F)c1Cl. The number of nitrogen functional groups attached to an aromatic ring is 1. The van der Waals surface area contributed by atoms with Crippen molar-refractivity contribution in [3.63, 3.8) is 0 Å². The van der Waals surface area contributed by atoms with Crippen molar-refractivity contribution >= 4 is 17.4 Å². The molecule has 0 spiro atoms. The fraction of sp³-hybridized carbons (Fsp3) is 0.200. The molecule has 0 aliphatic carbocycles. The summed E-state index contributed by atoms with van der Waals surface area (Å²) in [5, 5.41) is 2.93. The monoisotopic (exact) mass is 402 g/mol. The molecule has 0 fully saturated rings. The number of pyridine rings is 2. The molecule has 0 saturated carbocycles. The van der Waals surface area contributed by atoms with Crippen molar-refractivity contribution in [2.45, 2.75) is 26.1 Å². The van der Waals surface area contributed by atoms with E-state index in [9.17, 15) is 8.78 Å². The van der Waals surface area contributed by atoms with E-state index in [0.29, 0.717) is 0 Å². The number of rotatable bonds is 4. The summed E-state index contributed by atoms with van der Waals surface area (Å²) in [6.07, 6.45) is 2.51. The number of fused-ring (bicyclic) bond motifs is 1. The Morgan fingerprint density at radius 1 is 1.11 bits per heavy atom. The Balaban J connectivity index is 1.66. The minimum absolute atomic E-state index is 0.0725. The van der Waals surface area contributed by atoms with E-state index in [4.69, 9.17) is 22.1 Å². The molecule has 0 radical (unpaired) electrons. The van der Waals surface area contributed by atoms with Gasteiger partial charge < -0.3 is 15.8 Å². The number of ether oxygens (including phenoxy) is 1. The Kier molecular flexibility index (Phi) is 4.87. The third-order valence-electron chi connectivity index (χ3n) is 4.67. The zero-order valence-electron chi connectivity index (χ0n) is 15.0. The third-order valence-corrected chi connectivity index (χ3v) is 5.06. The van der Waals surface area contributed by atoms with Gasteiger partial charge in [0.2, 0.25) is 0 Å². The predicted octanol–water partition coefficient (Wildman–Crippen LogP) is 4.40. The fourth-order valence-electron chi connectivity index (χ4n) is 3.20. The third kappa shape index (κ3) is 3.39. The molecule has 1 aromatic carbocycles. The molecule has 1 aliphatic heterocycles. The molecule has 5 nitrogen and oxygen atoms in total. The van der Waals surface area contributed by atoms with Crippen molar-refractivity contribution in [2.75, 3.05) is 5.73 Å². The van der Waals surface area contributed by atoms with Crippen LogP contribution in [0.4, 0.5) is 14.6 Å². The number of nitrogens with zero attached hydrogens (tertiary/aromatic N) is 2. The van der Waals surface area contributed by atoms with Gasteiger partial charge >= 0.3 is 0 Å². The van der Waals surface area contributed by atoms with Gasteiger partial charge in [-0.15, -0.1) is 0 Å². The fourth-order valence-corrected chi connectivity index (χ4v) is 3.50. The van der Waals surface area contributed by atoms with E-state index in [0.717, 1.165) is 47.6 Å². The van der Waals surface area contributed by atoms with Crippen LogP contribution in [-0.2, 0) is 13.1 Å². The van der Waals surface area contributed by atoms with Gasteiger partial charge in [0.25, 0.3) is 0 Å². The summed E-state index contributed by atoms with van der Waals surface area (Å²) in [5.74, 6) is -0.981. The molecule has 28 heavy (non-hydrogen) atoms. The molecule has 0 amide bonds. The van der Waals surface area contributed by atoms with Crippen molar-refractivity contribution in [1.82, 2.24) is 15.3 Å². The van der Waals surface area contributed by atoms with E-state index >= 15 is 0 Å². The minimum Gasteiger partial charge on any atom is -0.482 e. The molecule has 1 atom stereocenters. The molecule has 3 heterocycles. The zero-order valence-corrected chi connectivity index (χ0v) is 15.7. The summed E-state index contributed by atoms with van der Waals surface area (Å²) in [6.45, 7) is 3.08. The van der Waals surface area contributed by atoms with Crippen LogP contribution in [0.2, 0.25) is 5.02 Å². The maximum Gasteiger partial charge on any atom is 0.166 e. The Labute approximate surface area is 165 Å². The van der Waals surface area contributed by atoms with Gasteiger partial charge in [0.1, 0.15) is 17.7 Å². The van der Waals surface area contributed by atoms with Crippen LogP contribution in [0.5, 0.6) is 5.75 Å². The number of hydrogen-bond acceptors (Lipinski definition) is 5. The van der Waals surface area contributed by atoms with Gasteiger partial charge in [0.05, 0.1) is 10.7 Å². The van der Waals surface area contributed by atoms with Crippen LogP contribution in [0.15, 0.2) is 36.7 Å². The van der Waals surface area contributed by atoms with Gasteiger partial charge in [-0.05, 0) is 36.8 Å². The smallest absolute Gasteiger partial charge is 0.166 e. The summed E-state index contributed by atoms with van der Waals surface area (Å²) in [6, 6.07) is 5.72. The molecule has 0 saturated heterocycles. The van der Waals surface area contributed by atoms with Crippen LogP contribution in [0.1, 0.15) is 29.8 Å². The molecule has 3 aromatic rings. The second kappa shape index (κ2) is 7.33. The van der Waals surface area contributed by atoms with Crippen molar-refractivity contribution in [2.24, 2.45) is 0 Å². The lowest BCUT2D eigenvalue weighted by atomic mass is 10.1. The number of nitrogens with two attached hydrogens (primary N) is 1. The van der Waals surface area contributed by atoms with E-state index in [2.05, 4.69) is 15.3 Å². The highest BCUT2D eigenvalue weighted by atomic mass is 35.5. The molecule has 0 bridgehead atoms. The van der Waals surface area contributed by atoms with Gasteiger partial charge in [-0.3, -0.25) is 4.98 Å². The number of hydrogen-bond donors (Lipinski definition) is 2. The Morgan fingerprint density at radius 3 is 2.64 bits per heavy atom. The lowest BCUT2D eigenvalue weighted by Gasteiger charge is -2.18. The zero-order chi connectivity index (χ0) is 19.8. The second-order valence-electron chi connectivity index (χ2n) is 6.56. The quantitative estimate of drug-likeness (QED) is 0.633. The van der Waals surface area contributed by atoms with E-state index in [1.54, 1.807) is 25.4 Å². The van der Waals surface area contributed by atoms with Crippen LogP contribution < -0.4 is 15.8 Å². The van der Waals surface area contributed by atoms with Crippen LogP contribution in [0, 0.1) is 11.6 Å². The minimum atomic E-state index is -0.870. The molecule has 2 aromatic heterocycles. The largest absolute Gasteiger partial charge is 0.482 e. The van der Waals surface area contributed by atoms with Crippen molar-refractivity contribution in [3.8, 4) is 16.9 Å². The number of nitrogens with one attached hydrogen (secondary N) is 1. The topological polar surface area (TPSA) is 73.1 Å². The summed E-state index contributed by atoms with van der Waals surface area (Å²) in [7, 11) is 0. The lowest BCUT2D eigenvalue weighted by molar-refractivity contribution is 0.221. The molecule has 3 N–H and O–H groups in total. The predicted molar refractivity (Wildman–Crippen MR) is 103 cm³/mol. The summed E-state index contributed by atoms with van der Waals surface area (Å²) in [5.41, 5.74) is 9.62. The van der Waals surface area contributed by atoms with Gasteiger partial charge in [0, 0.05) is 42.2 Å². The number of benzene rings is 1. The highest BCUT2D eigenvalue weighted by molar-refractivity contribution is 6.31. The van der Waals surface area contributed by atoms with Crippen LogP contribution >= 0.6 is 11.6 Å². The van der Waals surface area contributed by atoms with Gasteiger partial charge in [0.15, 0.2) is 11.6 Å². The second-order valence-corrected chi connectivity index (χ2v) is 6.94. The van der Waals surface area contributed by atoms with Gasteiger partial charge in [-0.1, -0.05) is 11.6 Å². The Morgan fingerprint density at radius 2 is 1.82 bits per heavy atom. The van der Waals surface area contributed by atoms with E-state index in [1.165, 1.54) is 0 Å². The molecule has 8 heteroatoms. The Hall–Kier alpha value is -2.77. The molecule has 4 rings (SSSR count). The normalized spacial score (nSPS) is 14.0. The van der Waals surface area contributed by atoms with E-state index < -0.39 is 17.7 Å². The van der Waals surface area contributed by atoms with Gasteiger partial charge in [-0.25, -0.2) is 13.8 Å². The standard InChI is InChI=1S/C20H17ClF2N4O/c1-10(18-14(22)2-3-15(23)19(18)21)28-17-5-12(8-27-20(17)24)11-4-13-6-25-9-16(13)26-7-11/h2-5,7-8,10,25H,6,9H2,1H3,(H2,24,27). The van der Waals surface area contributed by atoms with Crippen LogP contribution in [0.25, 0.3) is 11.1 Å². The first-order valence-corrected chi connectivity index (χ1v) is 9.06. The average molecular weight is 403 g/mol. The van der Waals surface area contributed by atoms with E-state index in [1.807, 2.05) is 6.07 Å². The number of halogens is 3.